The van der Waals surface area contributed by atoms with Crippen molar-refractivity contribution < 1.29 is 4.74 Å². The standard InChI is InChI=1S/C16H19NO/c1-11-4-5-12(2)16(10-11)18-15-8-6-14(7-9-15)13(3)17/h4-10,13H,17H2,1-3H3. The van der Waals surface area contributed by atoms with Gasteiger partial charge >= 0.3 is 0 Å². The van der Waals surface area contributed by atoms with E-state index in [4.69, 9.17) is 10.5 Å². The molecule has 0 aromatic heterocycles. The Morgan fingerprint density at radius 3 is 2.28 bits per heavy atom. The van der Waals surface area contributed by atoms with Crippen LogP contribution in [0.25, 0.3) is 0 Å². The van der Waals surface area contributed by atoms with Crippen LogP contribution in [-0.2, 0) is 0 Å². The SMILES string of the molecule is Cc1ccc(C)c(Oc2ccc(C(C)N)cc2)c1. The third kappa shape index (κ3) is 2.90. The van der Waals surface area contributed by atoms with Crippen molar-refractivity contribution in [1.29, 1.82) is 0 Å². The van der Waals surface area contributed by atoms with Gasteiger partial charge in [0.25, 0.3) is 0 Å². The van der Waals surface area contributed by atoms with Crippen LogP contribution >= 0.6 is 0 Å². The maximum absolute atomic E-state index is 5.88. The average molecular weight is 241 g/mol. The van der Waals surface area contributed by atoms with Crippen LogP contribution in [0, 0.1) is 13.8 Å². The maximum atomic E-state index is 5.88. The summed E-state index contributed by atoms with van der Waals surface area (Å²) in [4.78, 5) is 0. The van der Waals surface area contributed by atoms with E-state index < -0.39 is 0 Å². The first kappa shape index (κ1) is 12.7. The molecule has 2 aromatic rings. The van der Waals surface area contributed by atoms with Gasteiger partial charge in [0.2, 0.25) is 0 Å². The molecule has 0 spiro atoms. The first-order valence-corrected chi connectivity index (χ1v) is 6.17. The molecule has 1 unspecified atom stereocenters. The van der Waals surface area contributed by atoms with Gasteiger partial charge in [0.15, 0.2) is 0 Å². The van der Waals surface area contributed by atoms with Crippen LogP contribution in [0.5, 0.6) is 11.5 Å². The second-order valence-corrected chi connectivity index (χ2v) is 4.73. The third-order valence-electron chi connectivity index (χ3n) is 2.98. The highest BCUT2D eigenvalue weighted by Gasteiger charge is 2.03. The van der Waals surface area contributed by atoms with Crippen LogP contribution in [0.1, 0.15) is 29.7 Å². The average Bonchev–Trinajstić information content (AvgIpc) is 2.34. The van der Waals surface area contributed by atoms with Gasteiger partial charge in [-0.1, -0.05) is 24.3 Å². The van der Waals surface area contributed by atoms with Crippen LogP contribution < -0.4 is 10.5 Å². The van der Waals surface area contributed by atoms with Crippen molar-refractivity contribution in [2.45, 2.75) is 26.8 Å². The van der Waals surface area contributed by atoms with Crippen LogP contribution in [0.15, 0.2) is 42.5 Å². The smallest absolute Gasteiger partial charge is 0.130 e. The molecular formula is C16H19NO. The first-order valence-electron chi connectivity index (χ1n) is 6.17. The number of hydrogen-bond acceptors (Lipinski definition) is 2. The van der Waals surface area contributed by atoms with Crippen molar-refractivity contribution in [2.24, 2.45) is 5.73 Å². The van der Waals surface area contributed by atoms with E-state index in [2.05, 4.69) is 25.1 Å². The topological polar surface area (TPSA) is 35.2 Å². The monoisotopic (exact) mass is 241 g/mol. The van der Waals surface area contributed by atoms with E-state index in [0.717, 1.165) is 22.6 Å². The molecule has 2 rings (SSSR count). The number of ether oxygens (including phenoxy) is 1. The van der Waals surface area contributed by atoms with E-state index in [-0.39, 0.29) is 6.04 Å². The summed E-state index contributed by atoms with van der Waals surface area (Å²) in [6.07, 6.45) is 0. The van der Waals surface area contributed by atoms with E-state index in [0.29, 0.717) is 0 Å². The second-order valence-electron chi connectivity index (χ2n) is 4.73. The highest BCUT2D eigenvalue weighted by Crippen LogP contribution is 2.26. The maximum Gasteiger partial charge on any atom is 0.130 e. The molecule has 0 fully saturated rings. The predicted octanol–water partition coefficient (Wildman–Crippen LogP) is 4.12. The van der Waals surface area contributed by atoms with Gasteiger partial charge in [-0.2, -0.15) is 0 Å². The molecule has 0 radical (unpaired) electrons. The molecule has 0 heterocycles. The second kappa shape index (κ2) is 5.23. The fourth-order valence-corrected chi connectivity index (χ4v) is 1.78. The summed E-state index contributed by atoms with van der Waals surface area (Å²) < 4.78 is 5.88. The normalized spacial score (nSPS) is 12.2. The van der Waals surface area contributed by atoms with Crippen molar-refractivity contribution in [3.8, 4) is 11.5 Å². The fourth-order valence-electron chi connectivity index (χ4n) is 1.78. The number of benzene rings is 2. The van der Waals surface area contributed by atoms with E-state index in [1.807, 2.05) is 38.1 Å². The van der Waals surface area contributed by atoms with Crippen molar-refractivity contribution in [2.75, 3.05) is 0 Å². The minimum absolute atomic E-state index is 0.0553. The molecule has 94 valence electrons. The summed E-state index contributed by atoms with van der Waals surface area (Å²) in [6.45, 7) is 6.08. The lowest BCUT2D eigenvalue weighted by atomic mass is 10.1. The van der Waals surface area contributed by atoms with Gasteiger partial charge in [0.05, 0.1) is 0 Å². The number of rotatable bonds is 3. The summed E-state index contributed by atoms with van der Waals surface area (Å²) in [5, 5.41) is 0. The lowest BCUT2D eigenvalue weighted by Crippen LogP contribution is -2.04. The molecule has 2 heteroatoms. The van der Waals surface area contributed by atoms with Gasteiger partial charge in [-0.3, -0.25) is 0 Å². The number of aryl methyl sites for hydroxylation is 2. The number of nitrogens with two attached hydrogens (primary N) is 1. The van der Waals surface area contributed by atoms with Crippen LogP contribution in [-0.4, -0.2) is 0 Å². The molecule has 0 saturated carbocycles. The summed E-state index contributed by atoms with van der Waals surface area (Å²) in [5.74, 6) is 1.75. The van der Waals surface area contributed by atoms with E-state index in [1.165, 1.54) is 5.56 Å². The van der Waals surface area contributed by atoms with Gasteiger partial charge in [-0.05, 0) is 55.7 Å². The highest BCUT2D eigenvalue weighted by molar-refractivity contribution is 5.40. The molecule has 2 nitrogen and oxygen atoms in total. The summed E-state index contributed by atoms with van der Waals surface area (Å²) in [5.41, 5.74) is 9.27. The lowest BCUT2D eigenvalue weighted by Gasteiger charge is -2.11. The van der Waals surface area contributed by atoms with Crippen molar-refractivity contribution in [1.82, 2.24) is 0 Å². The lowest BCUT2D eigenvalue weighted by molar-refractivity contribution is 0.478. The molecule has 1 atom stereocenters. The third-order valence-corrected chi connectivity index (χ3v) is 2.98. The molecule has 2 aromatic carbocycles. The highest BCUT2D eigenvalue weighted by atomic mass is 16.5. The van der Waals surface area contributed by atoms with Crippen LogP contribution in [0.3, 0.4) is 0 Å². The minimum Gasteiger partial charge on any atom is -0.457 e. The molecule has 0 aliphatic rings. The summed E-state index contributed by atoms with van der Waals surface area (Å²) >= 11 is 0. The van der Waals surface area contributed by atoms with E-state index in [9.17, 15) is 0 Å². The Bertz CT molecular complexity index is 529. The molecule has 0 amide bonds. The summed E-state index contributed by atoms with van der Waals surface area (Å²) in [7, 11) is 0. The van der Waals surface area contributed by atoms with E-state index in [1.54, 1.807) is 0 Å². The Labute approximate surface area is 108 Å². The van der Waals surface area contributed by atoms with E-state index >= 15 is 0 Å². The Balaban J connectivity index is 2.21. The molecule has 0 saturated heterocycles. The Morgan fingerprint density at radius 1 is 1.00 bits per heavy atom. The largest absolute Gasteiger partial charge is 0.457 e. The molecule has 18 heavy (non-hydrogen) atoms. The molecule has 2 N–H and O–H groups in total. The molecule has 0 bridgehead atoms. The van der Waals surface area contributed by atoms with Crippen molar-refractivity contribution >= 4 is 0 Å². The van der Waals surface area contributed by atoms with Gasteiger partial charge in [0.1, 0.15) is 11.5 Å². The zero-order chi connectivity index (χ0) is 13.1. The minimum atomic E-state index is 0.0553. The Morgan fingerprint density at radius 2 is 1.67 bits per heavy atom. The Hall–Kier alpha value is -1.80. The van der Waals surface area contributed by atoms with Gasteiger partial charge in [-0.25, -0.2) is 0 Å². The van der Waals surface area contributed by atoms with Crippen molar-refractivity contribution in [3.63, 3.8) is 0 Å². The molecule has 0 aliphatic carbocycles. The van der Waals surface area contributed by atoms with Gasteiger partial charge in [0, 0.05) is 6.04 Å². The molecular weight excluding hydrogens is 222 g/mol. The first-order chi connectivity index (χ1) is 8.56. The predicted molar refractivity (Wildman–Crippen MR) is 75.0 cm³/mol. The summed E-state index contributed by atoms with van der Waals surface area (Å²) in [6, 6.07) is 14.2. The van der Waals surface area contributed by atoms with Crippen LogP contribution in [0.2, 0.25) is 0 Å². The van der Waals surface area contributed by atoms with Crippen LogP contribution in [0.4, 0.5) is 0 Å². The zero-order valence-corrected chi connectivity index (χ0v) is 11.1. The van der Waals surface area contributed by atoms with Gasteiger partial charge in [-0.15, -0.1) is 0 Å². The zero-order valence-electron chi connectivity index (χ0n) is 11.1. The quantitative estimate of drug-likeness (QED) is 0.877. The van der Waals surface area contributed by atoms with Crippen molar-refractivity contribution in [3.05, 3.63) is 59.2 Å². The Kier molecular flexibility index (Phi) is 3.68. The fraction of sp³-hybridized carbons (Fsp3) is 0.250. The molecule has 0 aliphatic heterocycles. The van der Waals surface area contributed by atoms with Gasteiger partial charge < -0.3 is 10.5 Å². The number of hydrogen-bond donors (Lipinski definition) is 1.